The van der Waals surface area contributed by atoms with Gasteiger partial charge in [0.1, 0.15) is 6.61 Å². The lowest BCUT2D eigenvalue weighted by Crippen LogP contribution is -2.46. The van der Waals surface area contributed by atoms with Gasteiger partial charge in [0.05, 0.1) is 18.6 Å². The maximum Gasteiger partial charge on any atom is 0.334 e. The fraction of sp³-hybridized carbons (Fsp3) is 0.727. The van der Waals surface area contributed by atoms with Crippen LogP contribution in [0, 0.1) is 5.41 Å². The second kappa shape index (κ2) is 16.6. The van der Waals surface area contributed by atoms with Gasteiger partial charge in [-0.3, -0.25) is 0 Å². The summed E-state index contributed by atoms with van der Waals surface area (Å²) in [4.78, 5) is 12.9. The Labute approximate surface area is 235 Å². The maximum atomic E-state index is 12.9. The van der Waals surface area contributed by atoms with Crippen LogP contribution >= 0.6 is 0 Å². The van der Waals surface area contributed by atoms with Gasteiger partial charge in [0.15, 0.2) is 8.32 Å². The number of hydrogen-bond donors (Lipinski definition) is 0. The largest absolute Gasteiger partial charge is 0.461 e. The van der Waals surface area contributed by atoms with Crippen molar-refractivity contribution < 1.29 is 18.7 Å². The summed E-state index contributed by atoms with van der Waals surface area (Å²) >= 11 is 0. The van der Waals surface area contributed by atoms with Crippen molar-refractivity contribution in [2.75, 3.05) is 19.8 Å². The Hall–Kier alpha value is -1.43. The SMILES string of the molecule is CCCCCCCCCCCCC/C=C1/C(=O)OCC1(COCc1ccccc1)CO[Si](C)(C)C(C)(C)C. The van der Waals surface area contributed by atoms with Crippen molar-refractivity contribution in [2.45, 2.75) is 129 Å². The van der Waals surface area contributed by atoms with E-state index in [0.717, 1.165) is 24.0 Å². The molecule has 1 atom stereocenters. The van der Waals surface area contributed by atoms with Gasteiger partial charge >= 0.3 is 5.97 Å². The van der Waals surface area contributed by atoms with Gasteiger partial charge in [-0.1, -0.05) is 128 Å². The standard InChI is InChI=1S/C33H56O4Si/c1-7-8-9-10-11-12-13-14-15-16-17-21-24-30-31(34)36-27-33(30,28-37-38(5,6)32(2,3)4)26-35-25-29-22-19-18-20-23-29/h18-20,22-24H,7-17,21,25-28H2,1-6H3/b30-24-. The molecule has 0 saturated carbocycles. The molecule has 1 aliphatic heterocycles. The quantitative estimate of drug-likeness (QED) is 0.0753. The molecule has 0 aliphatic carbocycles. The third-order valence-corrected chi connectivity index (χ3v) is 12.9. The number of ether oxygens (including phenoxy) is 2. The van der Waals surface area contributed by atoms with Crippen LogP contribution in [-0.4, -0.2) is 34.1 Å². The lowest BCUT2D eigenvalue weighted by molar-refractivity contribution is -0.135. The Balaban J connectivity index is 1.92. The van der Waals surface area contributed by atoms with Crippen molar-refractivity contribution in [3.8, 4) is 0 Å². The summed E-state index contributed by atoms with van der Waals surface area (Å²) in [7, 11) is -1.99. The molecule has 5 heteroatoms. The number of allylic oxidation sites excluding steroid dienone is 1. The number of esters is 1. The highest BCUT2D eigenvalue weighted by molar-refractivity contribution is 6.74. The van der Waals surface area contributed by atoms with Gasteiger partial charge in [0.2, 0.25) is 0 Å². The fourth-order valence-electron chi connectivity index (χ4n) is 4.68. The molecular weight excluding hydrogens is 488 g/mol. The highest BCUT2D eigenvalue weighted by atomic mass is 28.4. The van der Waals surface area contributed by atoms with E-state index in [1.807, 2.05) is 18.2 Å². The molecule has 216 valence electrons. The summed E-state index contributed by atoms with van der Waals surface area (Å²) in [5, 5.41) is 0.0991. The molecule has 0 aromatic heterocycles. The molecule has 38 heavy (non-hydrogen) atoms. The lowest BCUT2D eigenvalue weighted by atomic mass is 9.83. The molecule has 1 heterocycles. The van der Waals surface area contributed by atoms with E-state index in [9.17, 15) is 4.79 Å². The normalized spacial score (nSPS) is 19.3. The molecule has 1 aromatic carbocycles. The fourth-order valence-corrected chi connectivity index (χ4v) is 5.75. The molecule has 4 nitrogen and oxygen atoms in total. The van der Waals surface area contributed by atoms with Gasteiger partial charge in [-0.2, -0.15) is 0 Å². The van der Waals surface area contributed by atoms with Gasteiger partial charge in [0, 0.05) is 12.2 Å². The van der Waals surface area contributed by atoms with Crippen LogP contribution in [0.15, 0.2) is 42.0 Å². The zero-order valence-electron chi connectivity index (χ0n) is 25.4. The Kier molecular flexibility index (Phi) is 14.3. The summed E-state index contributed by atoms with van der Waals surface area (Å²) in [6, 6.07) is 10.2. The third kappa shape index (κ3) is 11.0. The predicted molar refractivity (Wildman–Crippen MR) is 162 cm³/mol. The first-order valence-electron chi connectivity index (χ1n) is 15.2. The van der Waals surface area contributed by atoms with Crippen LogP contribution in [0.4, 0.5) is 0 Å². The van der Waals surface area contributed by atoms with Crippen LogP contribution in [0.2, 0.25) is 18.1 Å². The summed E-state index contributed by atoms with van der Waals surface area (Å²) in [6.07, 6.45) is 17.6. The topological polar surface area (TPSA) is 44.8 Å². The van der Waals surface area contributed by atoms with E-state index in [2.05, 4.69) is 59.0 Å². The second-order valence-electron chi connectivity index (χ2n) is 12.8. The molecule has 0 spiro atoms. The maximum absolute atomic E-state index is 12.9. The van der Waals surface area contributed by atoms with Crippen LogP contribution in [-0.2, 0) is 25.3 Å². The van der Waals surface area contributed by atoms with E-state index in [-0.39, 0.29) is 11.0 Å². The van der Waals surface area contributed by atoms with Gasteiger partial charge in [-0.05, 0) is 36.5 Å². The molecule has 1 aromatic rings. The van der Waals surface area contributed by atoms with E-state index in [1.165, 1.54) is 64.2 Å². The van der Waals surface area contributed by atoms with Crippen LogP contribution in [0.5, 0.6) is 0 Å². The molecule has 0 N–H and O–H groups in total. The Bertz CT molecular complexity index is 827. The molecular formula is C33H56O4Si. The number of carbonyl (C=O) groups excluding carboxylic acids is 1. The lowest BCUT2D eigenvalue weighted by Gasteiger charge is -2.39. The second-order valence-corrected chi connectivity index (χ2v) is 17.6. The number of carbonyl (C=O) groups is 1. The van der Waals surface area contributed by atoms with Gasteiger partial charge in [-0.25, -0.2) is 4.79 Å². The van der Waals surface area contributed by atoms with Crippen LogP contribution in [0.25, 0.3) is 0 Å². The van der Waals surface area contributed by atoms with Crippen molar-refractivity contribution in [3.05, 3.63) is 47.5 Å². The average molecular weight is 545 g/mol. The molecule has 1 fully saturated rings. The predicted octanol–water partition coefficient (Wildman–Crippen LogP) is 9.40. The zero-order chi connectivity index (χ0) is 27.9. The minimum atomic E-state index is -1.99. The first kappa shape index (κ1) is 32.8. The summed E-state index contributed by atoms with van der Waals surface area (Å²) in [5.74, 6) is -0.199. The average Bonchev–Trinajstić information content (AvgIpc) is 3.19. The zero-order valence-corrected chi connectivity index (χ0v) is 26.4. The third-order valence-electron chi connectivity index (χ3n) is 8.43. The Morgan fingerprint density at radius 1 is 0.895 bits per heavy atom. The highest BCUT2D eigenvalue weighted by Gasteiger charge is 2.48. The van der Waals surface area contributed by atoms with E-state index < -0.39 is 13.7 Å². The number of rotatable bonds is 19. The van der Waals surface area contributed by atoms with Gasteiger partial charge in [0.25, 0.3) is 0 Å². The molecule has 1 saturated heterocycles. The number of unbranched alkanes of at least 4 members (excludes halogenated alkanes) is 11. The van der Waals surface area contributed by atoms with Crippen molar-refractivity contribution in [1.29, 1.82) is 0 Å². The van der Waals surface area contributed by atoms with E-state index in [4.69, 9.17) is 13.9 Å². The molecule has 0 bridgehead atoms. The molecule has 2 rings (SSSR count). The summed E-state index contributed by atoms with van der Waals surface area (Å²) < 4.78 is 18.5. The number of benzene rings is 1. The monoisotopic (exact) mass is 544 g/mol. The van der Waals surface area contributed by atoms with Crippen LogP contribution in [0.1, 0.15) is 110 Å². The number of cyclic esters (lactones) is 1. The minimum absolute atomic E-state index is 0.0991. The van der Waals surface area contributed by atoms with Crippen molar-refractivity contribution in [3.63, 3.8) is 0 Å². The van der Waals surface area contributed by atoms with Gasteiger partial charge < -0.3 is 13.9 Å². The summed E-state index contributed by atoms with van der Waals surface area (Å²) in [5.41, 5.74) is 1.35. The van der Waals surface area contributed by atoms with E-state index in [0.29, 0.717) is 26.4 Å². The minimum Gasteiger partial charge on any atom is -0.461 e. The molecule has 1 aliphatic rings. The molecule has 1 unspecified atom stereocenters. The van der Waals surface area contributed by atoms with Crippen LogP contribution in [0.3, 0.4) is 0 Å². The van der Waals surface area contributed by atoms with E-state index in [1.54, 1.807) is 0 Å². The van der Waals surface area contributed by atoms with Gasteiger partial charge in [-0.15, -0.1) is 0 Å². The summed E-state index contributed by atoms with van der Waals surface area (Å²) in [6.45, 7) is 15.3. The van der Waals surface area contributed by atoms with Crippen LogP contribution < -0.4 is 0 Å². The highest BCUT2D eigenvalue weighted by Crippen LogP contribution is 2.41. The van der Waals surface area contributed by atoms with Crippen molar-refractivity contribution in [2.24, 2.45) is 5.41 Å². The molecule has 0 radical (unpaired) electrons. The Morgan fingerprint density at radius 3 is 2.05 bits per heavy atom. The Morgan fingerprint density at radius 2 is 1.47 bits per heavy atom. The van der Waals surface area contributed by atoms with Crippen molar-refractivity contribution >= 4 is 14.3 Å². The smallest absolute Gasteiger partial charge is 0.334 e. The van der Waals surface area contributed by atoms with E-state index >= 15 is 0 Å². The number of hydrogen-bond acceptors (Lipinski definition) is 4. The first-order chi connectivity index (χ1) is 18.1. The van der Waals surface area contributed by atoms with Crippen molar-refractivity contribution in [1.82, 2.24) is 0 Å². The molecule has 0 amide bonds. The first-order valence-corrected chi connectivity index (χ1v) is 18.2.